The summed E-state index contributed by atoms with van der Waals surface area (Å²) in [4.78, 5) is 16.6. The van der Waals surface area contributed by atoms with Crippen LogP contribution >= 0.6 is 11.8 Å². The fourth-order valence-corrected chi connectivity index (χ4v) is 4.21. The number of rotatable bonds is 8. The van der Waals surface area contributed by atoms with Gasteiger partial charge in [-0.1, -0.05) is 48.5 Å². The lowest BCUT2D eigenvalue weighted by Crippen LogP contribution is -3.28. The molecule has 5 heteroatoms. The van der Waals surface area contributed by atoms with Crippen LogP contribution in [-0.2, 0) is 11.3 Å². The molecule has 0 aromatic heterocycles. The number of thioether (sulfide) groups is 1. The number of nitrogens with one attached hydrogen (secondary N) is 3. The molecule has 0 radical (unpaired) electrons. The molecule has 1 heterocycles. The number of quaternary nitrogens is 2. The molecular weight excluding hydrogens is 354 g/mol. The second kappa shape index (κ2) is 10.3. The number of para-hydroxylation sites is 1. The molecule has 2 aromatic carbocycles. The van der Waals surface area contributed by atoms with E-state index in [-0.39, 0.29) is 5.91 Å². The number of hydrogen-bond donors (Lipinski definition) is 3. The third-order valence-corrected chi connectivity index (χ3v) is 5.96. The van der Waals surface area contributed by atoms with E-state index in [0.29, 0.717) is 6.54 Å². The van der Waals surface area contributed by atoms with E-state index in [9.17, 15) is 4.79 Å². The van der Waals surface area contributed by atoms with E-state index >= 15 is 0 Å². The van der Waals surface area contributed by atoms with E-state index in [0.717, 1.165) is 49.1 Å². The number of carbonyl (C=O) groups excluding carboxylic acids is 1. The number of carbonyl (C=O) groups is 1. The average Bonchev–Trinajstić information content (AvgIpc) is 2.69. The van der Waals surface area contributed by atoms with Gasteiger partial charge >= 0.3 is 0 Å². The Morgan fingerprint density at radius 1 is 1.00 bits per heavy atom. The molecule has 0 atom stereocenters. The third-order valence-electron chi connectivity index (χ3n) is 4.89. The molecule has 27 heavy (non-hydrogen) atoms. The van der Waals surface area contributed by atoms with Gasteiger partial charge in [0.05, 0.1) is 5.69 Å². The summed E-state index contributed by atoms with van der Waals surface area (Å²) in [5.41, 5.74) is 2.30. The summed E-state index contributed by atoms with van der Waals surface area (Å²) in [6, 6.07) is 18.6. The van der Waals surface area contributed by atoms with Gasteiger partial charge in [-0.25, -0.2) is 0 Å². The molecule has 1 saturated heterocycles. The van der Waals surface area contributed by atoms with Crippen molar-refractivity contribution >= 4 is 23.4 Å². The smallest absolute Gasteiger partial charge is 0.279 e. The van der Waals surface area contributed by atoms with Gasteiger partial charge in [-0.3, -0.25) is 4.79 Å². The molecule has 1 fully saturated rings. The number of benzene rings is 2. The number of anilines is 1. The summed E-state index contributed by atoms with van der Waals surface area (Å²) in [5, 5.41) is 3.10. The molecule has 1 aliphatic heterocycles. The van der Waals surface area contributed by atoms with Gasteiger partial charge < -0.3 is 15.1 Å². The minimum atomic E-state index is 0.100. The molecule has 4 nitrogen and oxygen atoms in total. The molecule has 0 unspecified atom stereocenters. The van der Waals surface area contributed by atoms with E-state index in [1.165, 1.54) is 10.5 Å². The van der Waals surface area contributed by atoms with E-state index in [1.54, 1.807) is 16.7 Å². The van der Waals surface area contributed by atoms with Crippen LogP contribution < -0.4 is 15.1 Å². The highest BCUT2D eigenvalue weighted by molar-refractivity contribution is 7.99. The first-order valence-corrected chi connectivity index (χ1v) is 10.6. The predicted octanol–water partition coefficient (Wildman–Crippen LogP) is 0.887. The van der Waals surface area contributed by atoms with Crippen LogP contribution in [0.3, 0.4) is 0 Å². The Bertz CT molecular complexity index is 742. The maximum Gasteiger partial charge on any atom is 0.279 e. The van der Waals surface area contributed by atoms with Gasteiger partial charge in [0.15, 0.2) is 6.54 Å². The van der Waals surface area contributed by atoms with Gasteiger partial charge in [0.1, 0.15) is 32.7 Å². The fourth-order valence-electron chi connectivity index (χ4n) is 3.46. The highest BCUT2D eigenvalue weighted by Gasteiger charge is 2.25. The second-order valence-electron chi connectivity index (χ2n) is 6.98. The Balaban J connectivity index is 1.45. The first kappa shape index (κ1) is 19.7. The molecular formula is C22H29N3OS+2. The van der Waals surface area contributed by atoms with Crippen molar-refractivity contribution < 1.29 is 14.6 Å². The lowest BCUT2D eigenvalue weighted by Gasteiger charge is -2.29. The highest BCUT2D eigenvalue weighted by Crippen LogP contribution is 2.26. The number of piperazine rings is 1. The van der Waals surface area contributed by atoms with Crippen molar-refractivity contribution in [2.24, 2.45) is 0 Å². The SMILES string of the molecule is C=CCSc1ccccc1NC(=O)C[NH+]1CC[NH+](Cc2ccccc2)CC1. The number of hydrogen-bond acceptors (Lipinski definition) is 2. The van der Waals surface area contributed by atoms with Crippen LogP contribution in [0.2, 0.25) is 0 Å². The maximum atomic E-state index is 12.5. The van der Waals surface area contributed by atoms with E-state index in [1.807, 2.05) is 30.3 Å². The van der Waals surface area contributed by atoms with Crippen molar-refractivity contribution in [1.29, 1.82) is 0 Å². The molecule has 1 aliphatic rings. The molecule has 2 aromatic rings. The van der Waals surface area contributed by atoms with Crippen molar-refractivity contribution in [3.05, 3.63) is 72.8 Å². The monoisotopic (exact) mass is 383 g/mol. The van der Waals surface area contributed by atoms with E-state index in [2.05, 4.69) is 42.2 Å². The van der Waals surface area contributed by atoms with Gasteiger partial charge in [0.2, 0.25) is 0 Å². The summed E-state index contributed by atoms with van der Waals surface area (Å²) in [5.74, 6) is 0.938. The van der Waals surface area contributed by atoms with Crippen molar-refractivity contribution in [2.45, 2.75) is 11.4 Å². The van der Waals surface area contributed by atoms with Crippen LogP contribution in [-0.4, -0.2) is 44.4 Å². The molecule has 0 saturated carbocycles. The molecule has 0 bridgehead atoms. The van der Waals surface area contributed by atoms with Crippen LogP contribution in [0.5, 0.6) is 0 Å². The zero-order chi connectivity index (χ0) is 18.9. The topological polar surface area (TPSA) is 38.0 Å². The lowest BCUT2D eigenvalue weighted by molar-refractivity contribution is -1.02. The molecule has 142 valence electrons. The van der Waals surface area contributed by atoms with E-state index in [4.69, 9.17) is 0 Å². The van der Waals surface area contributed by atoms with Crippen LogP contribution in [0, 0.1) is 0 Å². The summed E-state index contributed by atoms with van der Waals surface area (Å²) in [6.45, 7) is 9.70. The Morgan fingerprint density at radius 2 is 1.67 bits per heavy atom. The van der Waals surface area contributed by atoms with Crippen molar-refractivity contribution in [3.63, 3.8) is 0 Å². The highest BCUT2D eigenvalue weighted by atomic mass is 32.2. The van der Waals surface area contributed by atoms with Gasteiger partial charge in [-0.15, -0.1) is 18.3 Å². The van der Waals surface area contributed by atoms with Crippen LogP contribution in [0.25, 0.3) is 0 Å². The van der Waals surface area contributed by atoms with Crippen molar-refractivity contribution in [3.8, 4) is 0 Å². The van der Waals surface area contributed by atoms with Crippen LogP contribution in [0.1, 0.15) is 5.56 Å². The number of amides is 1. The molecule has 1 amide bonds. The molecule has 0 spiro atoms. The van der Waals surface area contributed by atoms with Gasteiger partial charge in [-0.05, 0) is 12.1 Å². The first-order chi connectivity index (χ1) is 13.2. The summed E-state index contributed by atoms with van der Waals surface area (Å²) in [7, 11) is 0. The molecule has 0 aliphatic carbocycles. The summed E-state index contributed by atoms with van der Waals surface area (Å²) < 4.78 is 0. The predicted molar refractivity (Wildman–Crippen MR) is 112 cm³/mol. The van der Waals surface area contributed by atoms with Crippen molar-refractivity contribution in [2.75, 3.05) is 43.8 Å². The fraction of sp³-hybridized carbons (Fsp3) is 0.318. The zero-order valence-corrected chi connectivity index (χ0v) is 16.6. The Hall–Kier alpha value is -2.08. The van der Waals surface area contributed by atoms with Gasteiger partial charge in [0.25, 0.3) is 5.91 Å². The molecule has 3 rings (SSSR count). The van der Waals surface area contributed by atoms with Crippen molar-refractivity contribution in [1.82, 2.24) is 0 Å². The van der Waals surface area contributed by atoms with E-state index < -0.39 is 0 Å². The van der Waals surface area contributed by atoms with Crippen LogP contribution in [0.4, 0.5) is 5.69 Å². The summed E-state index contributed by atoms with van der Waals surface area (Å²) in [6.07, 6.45) is 1.88. The van der Waals surface area contributed by atoms with Crippen LogP contribution in [0.15, 0.2) is 72.1 Å². The normalized spacial score (nSPS) is 19.4. The quantitative estimate of drug-likeness (QED) is 0.468. The standard InChI is InChI=1S/C22H27N3OS/c1-2-16-27-21-11-7-6-10-20(21)23-22(26)18-25-14-12-24(13-15-25)17-19-8-4-3-5-9-19/h2-11H,1,12-18H2,(H,23,26)/p+2. The zero-order valence-electron chi connectivity index (χ0n) is 15.7. The third kappa shape index (κ3) is 6.24. The first-order valence-electron chi connectivity index (χ1n) is 9.58. The Labute approximate surface area is 166 Å². The van der Waals surface area contributed by atoms with Gasteiger partial charge in [-0.2, -0.15) is 0 Å². The summed E-state index contributed by atoms with van der Waals surface area (Å²) >= 11 is 1.69. The Kier molecular flexibility index (Phi) is 7.51. The largest absolute Gasteiger partial charge is 0.322 e. The lowest BCUT2D eigenvalue weighted by atomic mass is 10.2. The minimum absolute atomic E-state index is 0.100. The maximum absolute atomic E-state index is 12.5. The second-order valence-corrected chi connectivity index (χ2v) is 8.05. The minimum Gasteiger partial charge on any atom is -0.322 e. The Morgan fingerprint density at radius 3 is 2.41 bits per heavy atom. The average molecular weight is 384 g/mol. The molecule has 3 N–H and O–H groups in total. The van der Waals surface area contributed by atoms with Gasteiger partial charge in [0, 0.05) is 16.2 Å².